The van der Waals surface area contributed by atoms with E-state index in [0.717, 1.165) is 12.3 Å². The molecule has 0 fully saturated rings. The van der Waals surface area contributed by atoms with Crippen molar-refractivity contribution in [1.29, 1.82) is 0 Å². The Labute approximate surface area is 118 Å². The van der Waals surface area contributed by atoms with Crippen LogP contribution < -0.4 is 0 Å². The molecule has 0 heterocycles. The fourth-order valence-corrected chi connectivity index (χ4v) is 2.16. The Hall–Kier alpha value is -0.860. The van der Waals surface area contributed by atoms with E-state index in [1.807, 2.05) is 6.92 Å². The molecule has 112 valence electrons. The monoisotopic (exact) mass is 270 g/mol. The molecule has 0 saturated carbocycles. The van der Waals surface area contributed by atoms with Gasteiger partial charge < -0.3 is 4.74 Å². The van der Waals surface area contributed by atoms with Gasteiger partial charge in [-0.15, -0.1) is 0 Å². The summed E-state index contributed by atoms with van der Waals surface area (Å²) < 4.78 is 4.91. The van der Waals surface area contributed by atoms with E-state index in [-0.39, 0.29) is 17.7 Å². The zero-order chi connectivity index (χ0) is 14.8. The second kappa shape index (κ2) is 9.99. The Bertz CT molecular complexity index is 271. The van der Waals surface area contributed by atoms with Crippen LogP contribution >= 0.6 is 0 Å². The van der Waals surface area contributed by atoms with Gasteiger partial charge in [-0.05, 0) is 17.8 Å². The predicted molar refractivity (Wildman–Crippen MR) is 77.9 cm³/mol. The zero-order valence-corrected chi connectivity index (χ0v) is 13.2. The molecule has 0 bridgehead atoms. The van der Waals surface area contributed by atoms with Crippen molar-refractivity contribution in [2.24, 2.45) is 17.8 Å². The van der Waals surface area contributed by atoms with Crippen LogP contribution in [0.25, 0.3) is 0 Å². The molecule has 0 aromatic rings. The van der Waals surface area contributed by atoms with Gasteiger partial charge in [0, 0.05) is 19.8 Å². The van der Waals surface area contributed by atoms with Crippen molar-refractivity contribution in [1.82, 2.24) is 0 Å². The number of esters is 1. The van der Waals surface area contributed by atoms with Gasteiger partial charge in [0.2, 0.25) is 0 Å². The lowest BCUT2D eigenvalue weighted by Crippen LogP contribution is -2.15. The summed E-state index contributed by atoms with van der Waals surface area (Å²) in [5.74, 6) is 1.34. The van der Waals surface area contributed by atoms with Crippen LogP contribution in [0.15, 0.2) is 0 Å². The van der Waals surface area contributed by atoms with Gasteiger partial charge in [0.25, 0.3) is 0 Å². The van der Waals surface area contributed by atoms with Crippen molar-refractivity contribution in [3.63, 3.8) is 0 Å². The minimum atomic E-state index is -0.277. The number of carbonyl (C=O) groups is 2. The first-order valence-electron chi connectivity index (χ1n) is 7.46. The Kier molecular flexibility index (Phi) is 9.54. The smallest absolute Gasteiger partial charge is 0.302 e. The summed E-state index contributed by atoms with van der Waals surface area (Å²) >= 11 is 0. The van der Waals surface area contributed by atoms with Crippen molar-refractivity contribution in [2.75, 3.05) is 6.61 Å². The highest BCUT2D eigenvalue weighted by Crippen LogP contribution is 2.17. The lowest BCUT2D eigenvalue weighted by atomic mass is 9.93. The predicted octanol–water partition coefficient (Wildman–Crippen LogP) is 4.00. The van der Waals surface area contributed by atoms with Gasteiger partial charge in [-0.25, -0.2) is 0 Å². The molecule has 0 aliphatic rings. The molecular formula is C16H30O3. The molecule has 1 unspecified atom stereocenters. The van der Waals surface area contributed by atoms with Crippen LogP contribution in [0, 0.1) is 17.8 Å². The van der Waals surface area contributed by atoms with Gasteiger partial charge in [-0.2, -0.15) is 0 Å². The molecule has 0 aliphatic carbocycles. The average molecular weight is 270 g/mol. The van der Waals surface area contributed by atoms with E-state index in [2.05, 4.69) is 20.8 Å². The summed E-state index contributed by atoms with van der Waals surface area (Å²) in [4.78, 5) is 22.5. The Morgan fingerprint density at radius 3 is 2.05 bits per heavy atom. The van der Waals surface area contributed by atoms with Crippen LogP contribution in [0.1, 0.15) is 66.7 Å². The van der Waals surface area contributed by atoms with Crippen molar-refractivity contribution in [3.05, 3.63) is 0 Å². The maximum Gasteiger partial charge on any atom is 0.302 e. The van der Waals surface area contributed by atoms with Crippen LogP contribution in [0.5, 0.6) is 0 Å². The number of carbonyl (C=O) groups excluding carboxylic acids is 2. The highest BCUT2D eigenvalue weighted by atomic mass is 16.5. The van der Waals surface area contributed by atoms with Gasteiger partial charge in [-0.1, -0.05) is 47.0 Å². The third-order valence-electron chi connectivity index (χ3n) is 3.20. The van der Waals surface area contributed by atoms with Gasteiger partial charge in [0.15, 0.2) is 0 Å². The first-order valence-corrected chi connectivity index (χ1v) is 7.46. The first kappa shape index (κ1) is 18.1. The van der Waals surface area contributed by atoms with Crippen LogP contribution in [0.2, 0.25) is 0 Å². The first-order chi connectivity index (χ1) is 8.81. The standard InChI is InChI=1S/C16H30O3/c1-12(2)7-6-8-13(3)9-16(18)10-14(4)11-19-15(5)17/h12-14H,6-11H2,1-5H3/t13?,14-/m0/s1. The third-order valence-corrected chi connectivity index (χ3v) is 3.20. The second-order valence-electron chi connectivity index (χ2n) is 6.28. The normalized spacial score (nSPS) is 14.2. The summed E-state index contributed by atoms with van der Waals surface area (Å²) in [6.07, 6.45) is 4.74. The molecule has 0 radical (unpaired) electrons. The summed E-state index contributed by atoms with van der Waals surface area (Å²) in [7, 11) is 0. The van der Waals surface area contributed by atoms with E-state index in [9.17, 15) is 9.59 Å². The van der Waals surface area contributed by atoms with E-state index in [1.54, 1.807) is 0 Å². The number of Topliss-reactive ketones (excluding diaryl/α,β-unsaturated/α-hetero) is 1. The summed E-state index contributed by atoms with van der Waals surface area (Å²) in [5.41, 5.74) is 0. The molecule has 0 spiro atoms. The number of rotatable bonds is 10. The minimum absolute atomic E-state index is 0.124. The molecular weight excluding hydrogens is 240 g/mol. The average Bonchev–Trinajstić information content (AvgIpc) is 2.25. The lowest BCUT2D eigenvalue weighted by Gasteiger charge is -2.14. The molecule has 0 amide bonds. The van der Waals surface area contributed by atoms with Gasteiger partial charge in [-0.3, -0.25) is 9.59 Å². The van der Waals surface area contributed by atoms with Crippen LogP contribution in [-0.4, -0.2) is 18.4 Å². The maximum atomic E-state index is 11.9. The summed E-state index contributed by atoms with van der Waals surface area (Å²) in [5, 5.41) is 0. The van der Waals surface area contributed by atoms with Crippen LogP contribution in [-0.2, 0) is 14.3 Å². The molecule has 0 aromatic carbocycles. The topological polar surface area (TPSA) is 43.4 Å². The number of hydrogen-bond acceptors (Lipinski definition) is 3. The summed E-state index contributed by atoms with van der Waals surface area (Å²) in [6, 6.07) is 0. The van der Waals surface area contributed by atoms with Crippen molar-refractivity contribution in [2.45, 2.75) is 66.7 Å². The van der Waals surface area contributed by atoms with Crippen molar-refractivity contribution in [3.8, 4) is 0 Å². The van der Waals surface area contributed by atoms with Gasteiger partial charge in [0.1, 0.15) is 5.78 Å². The van der Waals surface area contributed by atoms with Gasteiger partial charge in [0.05, 0.1) is 6.61 Å². The SMILES string of the molecule is CC(=O)OC[C@@H](C)CC(=O)CC(C)CCCC(C)C. The van der Waals surface area contributed by atoms with Crippen LogP contribution in [0.3, 0.4) is 0 Å². The molecule has 0 aromatic heterocycles. The fraction of sp³-hybridized carbons (Fsp3) is 0.875. The molecule has 0 aliphatic heterocycles. The summed E-state index contributed by atoms with van der Waals surface area (Å²) in [6.45, 7) is 10.3. The quantitative estimate of drug-likeness (QED) is 0.564. The maximum absolute atomic E-state index is 11.9. The Morgan fingerprint density at radius 1 is 0.947 bits per heavy atom. The highest BCUT2D eigenvalue weighted by molar-refractivity contribution is 5.78. The lowest BCUT2D eigenvalue weighted by molar-refractivity contribution is -0.142. The number of hydrogen-bond donors (Lipinski definition) is 0. The zero-order valence-electron chi connectivity index (χ0n) is 13.2. The Balaban J connectivity index is 3.74. The molecule has 3 heteroatoms. The molecule has 0 saturated heterocycles. The van der Waals surface area contributed by atoms with Crippen molar-refractivity contribution >= 4 is 11.8 Å². The number of ether oxygens (including phenoxy) is 1. The molecule has 2 atom stereocenters. The highest BCUT2D eigenvalue weighted by Gasteiger charge is 2.14. The Morgan fingerprint density at radius 2 is 1.53 bits per heavy atom. The van der Waals surface area contributed by atoms with E-state index < -0.39 is 0 Å². The molecule has 0 N–H and O–H groups in total. The van der Waals surface area contributed by atoms with E-state index in [4.69, 9.17) is 4.74 Å². The molecule has 19 heavy (non-hydrogen) atoms. The van der Waals surface area contributed by atoms with E-state index in [0.29, 0.717) is 25.4 Å². The fourth-order valence-electron chi connectivity index (χ4n) is 2.16. The van der Waals surface area contributed by atoms with E-state index in [1.165, 1.54) is 19.8 Å². The van der Waals surface area contributed by atoms with Crippen LogP contribution in [0.4, 0.5) is 0 Å². The van der Waals surface area contributed by atoms with Gasteiger partial charge >= 0.3 is 5.97 Å². The third kappa shape index (κ3) is 11.9. The van der Waals surface area contributed by atoms with E-state index >= 15 is 0 Å². The largest absolute Gasteiger partial charge is 0.466 e. The van der Waals surface area contributed by atoms with Crippen molar-refractivity contribution < 1.29 is 14.3 Å². The molecule has 3 nitrogen and oxygen atoms in total. The number of ketones is 1. The molecule has 0 rings (SSSR count). The second-order valence-corrected chi connectivity index (χ2v) is 6.28. The minimum Gasteiger partial charge on any atom is -0.466 e.